The number of halogens is 1. The van der Waals surface area contributed by atoms with Crippen molar-refractivity contribution in [3.8, 4) is 5.75 Å². The topological polar surface area (TPSA) is 75.6 Å². The average Bonchev–Trinajstić information content (AvgIpc) is 2.93. The minimum Gasteiger partial charge on any atom is -0.495 e. The Kier molecular flexibility index (Phi) is 3.65. The van der Waals surface area contributed by atoms with Crippen molar-refractivity contribution in [2.75, 3.05) is 12.4 Å². The number of rotatable bonds is 4. The van der Waals surface area contributed by atoms with Crippen molar-refractivity contribution in [3.05, 3.63) is 23.2 Å². The standard InChI is InChI=1S/C14H16ClNO4/c1-14(2)10(11(14)13(18)19)12(17)16-7-4-5-9(20-3)8(15)6-7/h4-6,10-11H,1-3H3,(H,16,17)(H,18,19)/t10-,11+/m0/s1. The van der Waals surface area contributed by atoms with Crippen LogP contribution in [0.5, 0.6) is 5.75 Å². The van der Waals surface area contributed by atoms with Crippen LogP contribution in [0.25, 0.3) is 0 Å². The molecule has 1 aromatic carbocycles. The van der Waals surface area contributed by atoms with E-state index in [4.69, 9.17) is 21.4 Å². The maximum atomic E-state index is 12.1. The summed E-state index contributed by atoms with van der Waals surface area (Å²) in [5.41, 5.74) is -0.000683. The van der Waals surface area contributed by atoms with Crippen molar-refractivity contribution < 1.29 is 19.4 Å². The molecule has 0 bridgehead atoms. The highest BCUT2D eigenvalue weighted by atomic mass is 35.5. The summed E-state index contributed by atoms with van der Waals surface area (Å²) in [6.45, 7) is 3.55. The highest BCUT2D eigenvalue weighted by molar-refractivity contribution is 6.32. The second-order valence-electron chi connectivity index (χ2n) is 5.45. The van der Waals surface area contributed by atoms with Gasteiger partial charge in [0, 0.05) is 5.69 Å². The molecule has 0 aromatic heterocycles. The molecular formula is C14H16ClNO4. The van der Waals surface area contributed by atoms with Gasteiger partial charge in [-0.25, -0.2) is 0 Å². The number of benzene rings is 1. The lowest BCUT2D eigenvalue weighted by Crippen LogP contribution is -2.17. The second-order valence-corrected chi connectivity index (χ2v) is 5.86. The molecule has 5 nitrogen and oxygen atoms in total. The van der Waals surface area contributed by atoms with Crippen LogP contribution in [0.4, 0.5) is 5.69 Å². The third kappa shape index (κ3) is 2.45. The lowest BCUT2D eigenvalue weighted by Gasteiger charge is -2.08. The number of carbonyl (C=O) groups excluding carboxylic acids is 1. The highest BCUT2D eigenvalue weighted by Gasteiger charge is 2.65. The number of hydrogen-bond donors (Lipinski definition) is 2. The number of aliphatic carboxylic acids is 1. The maximum absolute atomic E-state index is 12.1. The minimum atomic E-state index is -0.942. The summed E-state index contributed by atoms with van der Waals surface area (Å²) in [7, 11) is 1.50. The van der Waals surface area contributed by atoms with Crippen molar-refractivity contribution in [2.24, 2.45) is 17.3 Å². The molecule has 2 N–H and O–H groups in total. The molecule has 0 radical (unpaired) electrons. The van der Waals surface area contributed by atoms with E-state index in [9.17, 15) is 9.59 Å². The predicted molar refractivity (Wildman–Crippen MR) is 75.0 cm³/mol. The van der Waals surface area contributed by atoms with E-state index in [0.29, 0.717) is 16.5 Å². The zero-order valence-electron chi connectivity index (χ0n) is 11.4. The molecule has 0 aliphatic heterocycles. The summed E-state index contributed by atoms with van der Waals surface area (Å²) in [6.07, 6.45) is 0. The van der Waals surface area contributed by atoms with Gasteiger partial charge in [0.1, 0.15) is 5.75 Å². The first kappa shape index (κ1) is 14.7. The van der Waals surface area contributed by atoms with Gasteiger partial charge in [-0.05, 0) is 23.6 Å². The Hall–Kier alpha value is -1.75. The number of carbonyl (C=O) groups is 2. The van der Waals surface area contributed by atoms with Crippen LogP contribution in [0.3, 0.4) is 0 Å². The van der Waals surface area contributed by atoms with Gasteiger partial charge in [-0.1, -0.05) is 25.4 Å². The van der Waals surface area contributed by atoms with Crippen LogP contribution in [-0.4, -0.2) is 24.1 Å². The van der Waals surface area contributed by atoms with Crippen molar-refractivity contribution >= 4 is 29.2 Å². The van der Waals surface area contributed by atoms with E-state index in [0.717, 1.165) is 0 Å². The van der Waals surface area contributed by atoms with E-state index in [-0.39, 0.29) is 5.91 Å². The third-order valence-electron chi connectivity index (χ3n) is 3.80. The molecule has 6 heteroatoms. The molecule has 1 aliphatic rings. The molecule has 2 atom stereocenters. The Morgan fingerprint density at radius 2 is 2.00 bits per heavy atom. The number of nitrogens with one attached hydrogen (secondary N) is 1. The zero-order chi connectivity index (χ0) is 15.1. The van der Waals surface area contributed by atoms with Gasteiger partial charge in [-0.2, -0.15) is 0 Å². The predicted octanol–water partition coefficient (Wildman–Crippen LogP) is 2.64. The Bertz CT molecular complexity index is 570. The van der Waals surface area contributed by atoms with E-state index in [1.165, 1.54) is 7.11 Å². The molecule has 20 heavy (non-hydrogen) atoms. The highest BCUT2D eigenvalue weighted by Crippen LogP contribution is 2.58. The Morgan fingerprint density at radius 3 is 2.45 bits per heavy atom. The molecule has 1 aliphatic carbocycles. The summed E-state index contributed by atoms with van der Waals surface area (Å²) in [4.78, 5) is 23.2. The largest absolute Gasteiger partial charge is 0.495 e. The molecule has 1 saturated carbocycles. The van der Waals surface area contributed by atoms with Crippen molar-refractivity contribution in [1.29, 1.82) is 0 Å². The first-order chi connectivity index (χ1) is 9.28. The number of amides is 1. The van der Waals surface area contributed by atoms with E-state index in [1.807, 2.05) is 0 Å². The number of anilines is 1. The Morgan fingerprint density at radius 1 is 1.35 bits per heavy atom. The van der Waals surface area contributed by atoms with Gasteiger partial charge in [0.05, 0.1) is 24.0 Å². The van der Waals surface area contributed by atoms with Gasteiger partial charge in [-0.15, -0.1) is 0 Å². The first-order valence-corrected chi connectivity index (χ1v) is 6.54. The average molecular weight is 298 g/mol. The van der Waals surface area contributed by atoms with Crippen LogP contribution in [0.2, 0.25) is 5.02 Å². The fourth-order valence-electron chi connectivity index (χ4n) is 2.55. The van der Waals surface area contributed by atoms with E-state index < -0.39 is 23.2 Å². The molecule has 108 valence electrons. The number of hydrogen-bond acceptors (Lipinski definition) is 3. The molecular weight excluding hydrogens is 282 g/mol. The minimum absolute atomic E-state index is 0.302. The number of ether oxygens (including phenoxy) is 1. The second kappa shape index (κ2) is 4.98. The van der Waals surface area contributed by atoms with Crippen LogP contribution in [-0.2, 0) is 9.59 Å². The zero-order valence-corrected chi connectivity index (χ0v) is 12.2. The van der Waals surface area contributed by atoms with Crippen LogP contribution in [0.1, 0.15) is 13.8 Å². The molecule has 0 saturated heterocycles. The van der Waals surface area contributed by atoms with Crippen LogP contribution >= 0.6 is 11.6 Å². The Balaban J connectivity index is 2.10. The van der Waals surface area contributed by atoms with Crippen molar-refractivity contribution in [3.63, 3.8) is 0 Å². The van der Waals surface area contributed by atoms with Gasteiger partial charge in [-0.3, -0.25) is 9.59 Å². The third-order valence-corrected chi connectivity index (χ3v) is 4.09. The summed E-state index contributed by atoms with van der Waals surface area (Å²) in [6, 6.07) is 4.88. The number of carboxylic acids is 1. The molecule has 1 amide bonds. The molecule has 1 aromatic rings. The molecule has 0 heterocycles. The van der Waals surface area contributed by atoms with Gasteiger partial charge in [0.2, 0.25) is 5.91 Å². The number of carboxylic acid groups (broad SMARTS) is 1. The summed E-state index contributed by atoms with van der Waals surface area (Å²) >= 11 is 5.97. The van der Waals surface area contributed by atoms with Gasteiger partial charge in [0.15, 0.2) is 0 Å². The van der Waals surface area contributed by atoms with Gasteiger partial charge in [0.25, 0.3) is 0 Å². The van der Waals surface area contributed by atoms with Crippen LogP contribution in [0, 0.1) is 17.3 Å². The molecule has 0 unspecified atom stereocenters. The maximum Gasteiger partial charge on any atom is 0.307 e. The molecule has 2 rings (SSSR count). The molecule has 1 fully saturated rings. The van der Waals surface area contributed by atoms with Crippen LogP contribution < -0.4 is 10.1 Å². The van der Waals surface area contributed by atoms with Crippen LogP contribution in [0.15, 0.2) is 18.2 Å². The van der Waals surface area contributed by atoms with E-state index >= 15 is 0 Å². The summed E-state index contributed by atoms with van der Waals surface area (Å²) < 4.78 is 5.02. The lowest BCUT2D eigenvalue weighted by atomic mass is 10.1. The lowest BCUT2D eigenvalue weighted by molar-refractivity contribution is -0.140. The monoisotopic (exact) mass is 297 g/mol. The fourth-order valence-corrected chi connectivity index (χ4v) is 2.81. The SMILES string of the molecule is COc1ccc(NC(=O)[C@@H]2[C@H](C(=O)O)C2(C)C)cc1Cl. The van der Waals surface area contributed by atoms with Gasteiger partial charge >= 0.3 is 5.97 Å². The fraction of sp³-hybridized carbons (Fsp3) is 0.429. The van der Waals surface area contributed by atoms with Crippen molar-refractivity contribution in [2.45, 2.75) is 13.8 Å². The summed E-state index contributed by atoms with van der Waals surface area (Å²) in [5, 5.41) is 12.1. The first-order valence-electron chi connectivity index (χ1n) is 6.16. The Labute approximate surface area is 121 Å². The summed E-state index contributed by atoms with van der Waals surface area (Å²) in [5.74, 6) is -1.90. The molecule has 0 spiro atoms. The normalized spacial score (nSPS) is 23.0. The van der Waals surface area contributed by atoms with E-state index in [1.54, 1.807) is 32.0 Å². The number of methoxy groups -OCH3 is 1. The van der Waals surface area contributed by atoms with E-state index in [2.05, 4.69) is 5.32 Å². The quantitative estimate of drug-likeness (QED) is 0.896. The van der Waals surface area contributed by atoms with Crippen molar-refractivity contribution in [1.82, 2.24) is 0 Å². The van der Waals surface area contributed by atoms with Gasteiger partial charge < -0.3 is 15.2 Å². The smallest absolute Gasteiger partial charge is 0.307 e.